The van der Waals surface area contributed by atoms with Gasteiger partial charge in [0.05, 0.1) is 18.6 Å². The predicted octanol–water partition coefficient (Wildman–Crippen LogP) is 3.57. The molecule has 4 heterocycles. The molecule has 1 spiro atoms. The molecule has 0 N–H and O–H groups in total. The summed E-state index contributed by atoms with van der Waals surface area (Å²) in [6.07, 6.45) is 5.03. The Balaban J connectivity index is 1.14. The van der Waals surface area contributed by atoms with Gasteiger partial charge in [-0.1, -0.05) is 11.6 Å². The van der Waals surface area contributed by atoms with Crippen molar-refractivity contribution in [2.45, 2.75) is 88.6 Å². The number of nitrogens with zero attached hydrogens (tertiary/aromatic N) is 2. The van der Waals surface area contributed by atoms with Crippen molar-refractivity contribution in [2.24, 2.45) is 11.8 Å². The Morgan fingerprint density at radius 3 is 2.62 bits per heavy atom. The summed E-state index contributed by atoms with van der Waals surface area (Å²) in [5.74, 6) is 0.511. The van der Waals surface area contributed by atoms with Crippen LogP contribution in [0.2, 0.25) is 0 Å². The highest BCUT2D eigenvalue weighted by Crippen LogP contribution is 2.59. The van der Waals surface area contributed by atoms with Gasteiger partial charge in [0.25, 0.3) is 0 Å². The van der Waals surface area contributed by atoms with Crippen molar-refractivity contribution in [3.63, 3.8) is 0 Å². The summed E-state index contributed by atoms with van der Waals surface area (Å²) >= 11 is 0. The fourth-order valence-electron chi connectivity index (χ4n) is 6.53. The van der Waals surface area contributed by atoms with Crippen molar-refractivity contribution in [1.82, 2.24) is 9.80 Å². The summed E-state index contributed by atoms with van der Waals surface area (Å²) in [7, 11) is 1.71. The monoisotopic (exact) mass is 480 g/mol. The van der Waals surface area contributed by atoms with Crippen LogP contribution in [0, 0.1) is 11.8 Å². The molecule has 5 rings (SSSR count). The Labute approximate surface area is 202 Å². The van der Waals surface area contributed by atoms with Crippen LogP contribution in [0.5, 0.6) is 0 Å². The molecule has 4 saturated heterocycles. The van der Waals surface area contributed by atoms with Gasteiger partial charge in [-0.25, -0.2) is 9.18 Å². The number of epoxide rings is 2. The molecule has 8 heteroatoms. The predicted molar refractivity (Wildman–Crippen MR) is 125 cm³/mol. The van der Waals surface area contributed by atoms with E-state index in [2.05, 4.69) is 31.7 Å². The van der Waals surface area contributed by atoms with E-state index in [0.717, 1.165) is 58.5 Å². The second-order valence-corrected chi connectivity index (χ2v) is 11.5. The number of ether oxygens (including phenoxy) is 4. The third kappa shape index (κ3) is 4.75. The Hall–Kier alpha value is -1.22. The maximum Gasteiger partial charge on any atom is 0.410 e. The van der Waals surface area contributed by atoms with Gasteiger partial charge in [-0.15, -0.1) is 0 Å². The van der Waals surface area contributed by atoms with E-state index in [1.807, 2.05) is 0 Å². The fraction of sp³-hybridized carbons (Fsp3) is 0.885. The molecule has 7 nitrogen and oxygen atoms in total. The van der Waals surface area contributed by atoms with Gasteiger partial charge >= 0.3 is 6.09 Å². The molecule has 5 aliphatic rings. The lowest BCUT2D eigenvalue weighted by Gasteiger charge is -2.44. The van der Waals surface area contributed by atoms with Crippen LogP contribution >= 0.6 is 0 Å². The van der Waals surface area contributed by atoms with E-state index in [1.54, 1.807) is 12.0 Å². The van der Waals surface area contributed by atoms with Gasteiger partial charge in [0, 0.05) is 33.3 Å². The molecule has 0 aromatic carbocycles. The Morgan fingerprint density at radius 1 is 1.24 bits per heavy atom. The molecular formula is C26H41FN2O5. The largest absolute Gasteiger partial charge is 0.443 e. The zero-order chi connectivity index (χ0) is 24.1. The van der Waals surface area contributed by atoms with Crippen molar-refractivity contribution in [3.8, 4) is 0 Å². The highest BCUT2D eigenvalue weighted by molar-refractivity contribution is 5.69. The van der Waals surface area contributed by atoms with E-state index in [-0.39, 0.29) is 41.5 Å². The van der Waals surface area contributed by atoms with Crippen LogP contribution in [-0.4, -0.2) is 98.0 Å². The maximum absolute atomic E-state index is 13.4. The number of alkyl halides is 1. The second-order valence-electron chi connectivity index (χ2n) is 11.5. The van der Waals surface area contributed by atoms with Crippen LogP contribution in [0.15, 0.2) is 11.6 Å². The SMILES string of the molecule is COC1C(OC(=O)N2CC(CCN3CCC(F)C3)C2)CCC2(CO2)C1[C@@]1(C)O[C@@H]1CC=C(C)C. The quantitative estimate of drug-likeness (QED) is 0.391. The minimum Gasteiger partial charge on any atom is -0.443 e. The molecule has 34 heavy (non-hydrogen) atoms. The van der Waals surface area contributed by atoms with Crippen LogP contribution in [-0.2, 0) is 18.9 Å². The molecule has 4 aliphatic heterocycles. The highest BCUT2D eigenvalue weighted by atomic mass is 19.1. The molecule has 1 amide bonds. The molecular weight excluding hydrogens is 439 g/mol. The van der Waals surface area contributed by atoms with E-state index in [1.165, 1.54) is 5.57 Å². The number of allylic oxidation sites excluding steroid dienone is 1. The van der Waals surface area contributed by atoms with E-state index in [4.69, 9.17) is 18.9 Å². The molecule has 5 unspecified atom stereocenters. The van der Waals surface area contributed by atoms with E-state index in [9.17, 15) is 9.18 Å². The van der Waals surface area contributed by atoms with Crippen molar-refractivity contribution in [1.29, 1.82) is 0 Å². The zero-order valence-corrected chi connectivity index (χ0v) is 21.1. The standard InChI is InChI=1S/C26H41FN2O5/c1-17(2)5-6-21-25(3,34-21)23-22(31-4)20(7-10-26(23)16-32-26)33-24(30)29-13-18(14-29)8-11-28-12-9-19(27)15-28/h5,18-23H,6-16H2,1-4H3/t19?,20?,21-,22?,23?,25+,26?/m1/s1. The Morgan fingerprint density at radius 2 is 2.00 bits per heavy atom. The lowest BCUT2D eigenvalue weighted by Crippen LogP contribution is -2.57. The first-order chi connectivity index (χ1) is 16.2. The van der Waals surface area contributed by atoms with Gasteiger partial charge < -0.3 is 28.7 Å². The Bertz CT molecular complexity index is 794. The molecule has 0 bridgehead atoms. The first kappa shape index (κ1) is 24.5. The first-order valence-electron chi connectivity index (χ1n) is 13.0. The number of hydrogen-bond donors (Lipinski definition) is 0. The number of likely N-dealkylation sites (tertiary alicyclic amines) is 2. The number of carbonyl (C=O) groups excluding carboxylic acids is 1. The summed E-state index contributed by atoms with van der Waals surface area (Å²) in [6.45, 7) is 10.9. The van der Waals surface area contributed by atoms with E-state index in [0.29, 0.717) is 18.9 Å². The molecule has 0 aromatic rings. The average molecular weight is 481 g/mol. The van der Waals surface area contributed by atoms with Gasteiger partial charge in [0.15, 0.2) is 0 Å². The summed E-state index contributed by atoms with van der Waals surface area (Å²) in [6, 6.07) is 0. The summed E-state index contributed by atoms with van der Waals surface area (Å²) in [4.78, 5) is 16.9. The van der Waals surface area contributed by atoms with Crippen molar-refractivity contribution >= 4 is 6.09 Å². The lowest BCUT2D eigenvalue weighted by atomic mass is 9.68. The van der Waals surface area contributed by atoms with E-state index >= 15 is 0 Å². The van der Waals surface area contributed by atoms with Gasteiger partial charge in [-0.2, -0.15) is 0 Å². The van der Waals surface area contributed by atoms with Crippen molar-refractivity contribution in [3.05, 3.63) is 11.6 Å². The van der Waals surface area contributed by atoms with Crippen LogP contribution < -0.4 is 0 Å². The molecule has 7 atom stereocenters. The average Bonchev–Trinajstić information content (AvgIpc) is 3.63. The summed E-state index contributed by atoms with van der Waals surface area (Å²) < 4.78 is 37.6. The number of hydrogen-bond acceptors (Lipinski definition) is 6. The number of amides is 1. The molecule has 192 valence electrons. The number of halogens is 1. The minimum absolute atomic E-state index is 0.0380. The van der Waals surface area contributed by atoms with Crippen LogP contribution in [0.3, 0.4) is 0 Å². The van der Waals surface area contributed by atoms with Gasteiger partial charge in [-0.05, 0) is 65.3 Å². The number of carbonyl (C=O) groups is 1. The fourth-order valence-corrected chi connectivity index (χ4v) is 6.53. The molecule has 0 radical (unpaired) electrons. The Kier molecular flexibility index (Phi) is 6.72. The zero-order valence-electron chi connectivity index (χ0n) is 21.1. The third-order valence-electron chi connectivity index (χ3n) is 8.77. The third-order valence-corrected chi connectivity index (χ3v) is 8.77. The topological polar surface area (TPSA) is 67.1 Å². The van der Waals surface area contributed by atoms with Crippen molar-refractivity contribution in [2.75, 3.05) is 46.4 Å². The molecule has 0 aromatic heterocycles. The maximum atomic E-state index is 13.4. The molecule has 5 fully saturated rings. The van der Waals surface area contributed by atoms with Gasteiger partial charge in [0.2, 0.25) is 0 Å². The first-order valence-corrected chi connectivity index (χ1v) is 13.0. The highest BCUT2D eigenvalue weighted by Gasteiger charge is 2.72. The lowest BCUT2D eigenvalue weighted by molar-refractivity contribution is -0.124. The van der Waals surface area contributed by atoms with Crippen LogP contribution in [0.1, 0.15) is 52.9 Å². The smallest absolute Gasteiger partial charge is 0.410 e. The molecule has 1 aliphatic carbocycles. The van der Waals surface area contributed by atoms with Crippen LogP contribution in [0.4, 0.5) is 9.18 Å². The molecule has 1 saturated carbocycles. The van der Waals surface area contributed by atoms with Crippen molar-refractivity contribution < 1.29 is 28.1 Å². The van der Waals surface area contributed by atoms with Gasteiger partial charge in [-0.3, -0.25) is 0 Å². The number of methoxy groups -OCH3 is 1. The minimum atomic E-state index is -0.674. The van der Waals surface area contributed by atoms with Crippen LogP contribution in [0.25, 0.3) is 0 Å². The summed E-state index contributed by atoms with van der Waals surface area (Å²) in [5, 5.41) is 0. The second kappa shape index (κ2) is 9.34. The van der Waals surface area contributed by atoms with E-state index < -0.39 is 6.17 Å². The summed E-state index contributed by atoms with van der Waals surface area (Å²) in [5.41, 5.74) is 0.743. The van der Waals surface area contributed by atoms with Gasteiger partial charge in [0.1, 0.15) is 29.6 Å². The number of rotatable bonds is 8. The normalized spacial score (nSPS) is 41.9.